The Morgan fingerprint density at radius 2 is 1.89 bits per heavy atom. The molecule has 9 heavy (non-hydrogen) atoms. The van der Waals surface area contributed by atoms with Gasteiger partial charge in [-0.15, -0.1) is 13.2 Å². The zero-order valence-corrected chi connectivity index (χ0v) is 5.21. The van der Waals surface area contributed by atoms with Gasteiger partial charge in [-0.1, -0.05) is 6.92 Å². The van der Waals surface area contributed by atoms with Crippen molar-refractivity contribution < 1.29 is 15.0 Å². The summed E-state index contributed by atoms with van der Waals surface area (Å²) in [6.45, 7) is 9.18. The molecular formula is C6H11O3. The lowest BCUT2D eigenvalue weighted by Gasteiger charge is -1.95. The molecule has 0 aromatic heterocycles. The summed E-state index contributed by atoms with van der Waals surface area (Å²) >= 11 is 0. The zero-order valence-electron chi connectivity index (χ0n) is 5.21. The number of hydrogen-bond donors (Lipinski definition) is 2. The Labute approximate surface area is 54.6 Å². The Balaban J connectivity index is 0. The van der Waals surface area contributed by atoms with E-state index in [1.807, 2.05) is 0 Å². The van der Waals surface area contributed by atoms with Gasteiger partial charge in [0.25, 0.3) is 0 Å². The fraction of sp³-hybridized carbons (Fsp3) is 0.333. The number of rotatable bonds is 2. The Morgan fingerprint density at radius 3 is 1.89 bits per heavy atom. The topological polar surface area (TPSA) is 57.5 Å². The summed E-state index contributed by atoms with van der Waals surface area (Å²) in [6, 6.07) is 0. The van der Waals surface area contributed by atoms with Crippen LogP contribution >= 0.6 is 0 Å². The van der Waals surface area contributed by atoms with Gasteiger partial charge in [0, 0.05) is 0 Å². The second-order valence-corrected chi connectivity index (χ2v) is 1.14. The minimum atomic E-state index is -1.29. The number of aliphatic hydroxyl groups is 1. The summed E-state index contributed by atoms with van der Waals surface area (Å²) in [5, 5.41) is 16.2. The van der Waals surface area contributed by atoms with Gasteiger partial charge in [0.05, 0.1) is 0 Å². The summed E-state index contributed by atoms with van der Waals surface area (Å²) < 4.78 is 0. The largest absolute Gasteiger partial charge is 0.479 e. The van der Waals surface area contributed by atoms with Crippen molar-refractivity contribution in [2.24, 2.45) is 0 Å². The maximum absolute atomic E-state index is 9.64. The quantitative estimate of drug-likeness (QED) is 0.535. The molecule has 1 radical (unpaired) electrons. The molecule has 0 aromatic carbocycles. The van der Waals surface area contributed by atoms with Crippen molar-refractivity contribution in [2.45, 2.75) is 12.5 Å². The van der Waals surface area contributed by atoms with Crippen molar-refractivity contribution in [3.8, 4) is 0 Å². The van der Waals surface area contributed by atoms with E-state index in [1.165, 1.54) is 0 Å². The van der Waals surface area contributed by atoms with Crippen molar-refractivity contribution in [1.82, 2.24) is 0 Å². The number of aliphatic carboxylic acids is 1. The minimum absolute atomic E-state index is 0.0231. The zero-order chi connectivity index (χ0) is 7.86. The van der Waals surface area contributed by atoms with Crippen LogP contribution in [0, 0.1) is 6.92 Å². The predicted octanol–water partition coefficient (Wildman–Crippen LogP) is 0.458. The van der Waals surface area contributed by atoms with Crippen LogP contribution in [0.25, 0.3) is 0 Å². The molecule has 0 saturated carbocycles. The van der Waals surface area contributed by atoms with Crippen LogP contribution < -0.4 is 0 Å². The fourth-order valence-electron chi connectivity index (χ4n) is 0.123. The van der Waals surface area contributed by atoms with E-state index in [0.717, 1.165) is 0 Å². The van der Waals surface area contributed by atoms with Gasteiger partial charge in [-0.2, -0.15) is 0 Å². The Kier molecular flexibility index (Phi) is 8.79. The summed E-state index contributed by atoms with van der Waals surface area (Å²) in [4.78, 5) is 9.64. The third kappa shape index (κ3) is 7.17. The highest BCUT2D eigenvalue weighted by atomic mass is 16.4. The Morgan fingerprint density at radius 1 is 1.56 bits per heavy atom. The molecule has 53 valence electrons. The van der Waals surface area contributed by atoms with Crippen molar-refractivity contribution in [1.29, 1.82) is 0 Å². The first-order valence-electron chi connectivity index (χ1n) is 2.38. The maximum atomic E-state index is 9.64. The second kappa shape index (κ2) is 7.17. The van der Waals surface area contributed by atoms with Crippen LogP contribution in [0.2, 0.25) is 0 Å². The van der Waals surface area contributed by atoms with Gasteiger partial charge in [-0.05, 0) is 6.42 Å². The van der Waals surface area contributed by atoms with E-state index in [0.29, 0.717) is 0 Å². The molecule has 0 spiro atoms. The molecule has 0 aliphatic heterocycles. The summed E-state index contributed by atoms with van der Waals surface area (Å²) in [5.74, 6) is -1.21. The van der Waals surface area contributed by atoms with Crippen molar-refractivity contribution >= 4 is 5.97 Å². The van der Waals surface area contributed by atoms with Gasteiger partial charge in [0.2, 0.25) is 0 Å². The highest BCUT2D eigenvalue weighted by Crippen LogP contribution is 1.85. The van der Waals surface area contributed by atoms with Crippen LogP contribution in [0.1, 0.15) is 6.42 Å². The van der Waals surface area contributed by atoms with E-state index in [1.54, 1.807) is 0 Å². The Hall–Kier alpha value is -0.830. The van der Waals surface area contributed by atoms with Gasteiger partial charge in [-0.3, -0.25) is 0 Å². The normalized spacial score (nSPS) is 10.9. The molecule has 0 fully saturated rings. The first-order chi connectivity index (χ1) is 4.18. The molecular weight excluding hydrogens is 120 g/mol. The third-order valence-corrected chi connectivity index (χ3v) is 0.558. The van der Waals surface area contributed by atoms with E-state index in [-0.39, 0.29) is 6.42 Å². The van der Waals surface area contributed by atoms with Crippen LogP contribution in [-0.2, 0) is 4.79 Å². The molecule has 0 bridgehead atoms. The minimum Gasteiger partial charge on any atom is -0.479 e. The molecule has 1 unspecified atom stereocenters. The first-order valence-corrected chi connectivity index (χ1v) is 2.38. The molecule has 3 nitrogen and oxygen atoms in total. The van der Waals surface area contributed by atoms with Gasteiger partial charge < -0.3 is 10.2 Å². The number of carboxylic acid groups (broad SMARTS) is 1. The molecule has 0 amide bonds. The number of hydrogen-bond acceptors (Lipinski definition) is 2. The van der Waals surface area contributed by atoms with Crippen molar-refractivity contribution in [3.63, 3.8) is 0 Å². The van der Waals surface area contributed by atoms with Crippen LogP contribution in [-0.4, -0.2) is 22.3 Å². The van der Waals surface area contributed by atoms with Gasteiger partial charge in [-0.25, -0.2) is 4.79 Å². The lowest BCUT2D eigenvalue weighted by molar-refractivity contribution is -0.146. The summed E-state index contributed by atoms with van der Waals surface area (Å²) in [7, 11) is 0. The standard InChI is InChI=1S/C4H7O3.C2H4/c1-2-3(5)4(6)7;1-2/h3,5H,1-2H2,(H,6,7);1-2H2. The van der Waals surface area contributed by atoms with E-state index in [4.69, 9.17) is 10.2 Å². The van der Waals surface area contributed by atoms with Crippen molar-refractivity contribution in [2.75, 3.05) is 0 Å². The average molecular weight is 131 g/mol. The third-order valence-electron chi connectivity index (χ3n) is 0.558. The van der Waals surface area contributed by atoms with Gasteiger partial charge in [0.1, 0.15) is 0 Å². The van der Waals surface area contributed by atoms with E-state index in [9.17, 15) is 4.79 Å². The molecule has 0 saturated heterocycles. The van der Waals surface area contributed by atoms with Crippen LogP contribution in [0.5, 0.6) is 0 Å². The van der Waals surface area contributed by atoms with Crippen LogP contribution in [0.3, 0.4) is 0 Å². The highest BCUT2D eigenvalue weighted by Gasteiger charge is 2.07. The van der Waals surface area contributed by atoms with Crippen molar-refractivity contribution in [3.05, 3.63) is 20.1 Å². The molecule has 0 heterocycles. The molecule has 1 atom stereocenters. The molecule has 0 aliphatic carbocycles. The molecule has 0 aromatic rings. The van der Waals surface area contributed by atoms with Crippen LogP contribution in [0.4, 0.5) is 0 Å². The summed E-state index contributed by atoms with van der Waals surface area (Å²) in [6.07, 6.45) is -1.27. The van der Waals surface area contributed by atoms with Crippen LogP contribution in [0.15, 0.2) is 13.2 Å². The molecule has 3 heteroatoms. The van der Waals surface area contributed by atoms with Gasteiger partial charge >= 0.3 is 5.97 Å². The Bertz CT molecular complexity index is 80.4. The highest BCUT2D eigenvalue weighted by molar-refractivity contribution is 5.71. The maximum Gasteiger partial charge on any atom is 0.332 e. The number of carbonyl (C=O) groups is 1. The van der Waals surface area contributed by atoms with E-state index < -0.39 is 12.1 Å². The summed E-state index contributed by atoms with van der Waals surface area (Å²) in [5.41, 5.74) is 0. The smallest absolute Gasteiger partial charge is 0.332 e. The molecule has 0 aliphatic rings. The molecule has 2 N–H and O–H groups in total. The monoisotopic (exact) mass is 131 g/mol. The predicted molar refractivity (Wildman–Crippen MR) is 34.9 cm³/mol. The number of aliphatic hydroxyl groups excluding tert-OH is 1. The molecule has 0 rings (SSSR count). The number of carboxylic acids is 1. The SMILES string of the molecule is C=C.[CH2]CC(O)C(=O)O. The first kappa shape index (κ1) is 11.0. The van der Waals surface area contributed by atoms with E-state index >= 15 is 0 Å². The second-order valence-electron chi connectivity index (χ2n) is 1.14. The fourth-order valence-corrected chi connectivity index (χ4v) is 0.123. The van der Waals surface area contributed by atoms with E-state index in [2.05, 4.69) is 20.1 Å². The lowest BCUT2D eigenvalue weighted by atomic mass is 10.3. The lowest BCUT2D eigenvalue weighted by Crippen LogP contribution is -2.17. The van der Waals surface area contributed by atoms with Gasteiger partial charge in [0.15, 0.2) is 6.10 Å². The average Bonchev–Trinajstić information content (AvgIpc) is 1.91.